The Balaban J connectivity index is 1.34. The molecule has 1 aromatic carbocycles. The van der Waals surface area contributed by atoms with E-state index in [9.17, 15) is 4.39 Å². The highest BCUT2D eigenvalue weighted by Gasteiger charge is 2.18. The number of piperazine rings is 1. The first-order valence-electron chi connectivity index (χ1n) is 12.3. The van der Waals surface area contributed by atoms with Crippen LogP contribution in [0.4, 0.5) is 21.8 Å². The lowest BCUT2D eigenvalue weighted by Crippen LogP contribution is -2.47. The van der Waals surface area contributed by atoms with Crippen LogP contribution in [0.3, 0.4) is 0 Å². The third-order valence-corrected chi connectivity index (χ3v) is 6.61. The van der Waals surface area contributed by atoms with Gasteiger partial charge in [0.15, 0.2) is 5.82 Å². The first-order chi connectivity index (χ1) is 17.4. The topological polar surface area (TPSA) is 101 Å². The molecule has 1 aliphatic rings. The minimum Gasteiger partial charge on any atom is -0.368 e. The summed E-state index contributed by atoms with van der Waals surface area (Å²) in [4.78, 5) is 17.8. The Labute approximate surface area is 210 Å². The number of nitrogens with one attached hydrogen (secondary N) is 1. The fourth-order valence-corrected chi connectivity index (χ4v) is 4.85. The normalized spacial score (nSPS) is 14.7. The fraction of sp³-hybridized carbons (Fsp3) is 0.385. The number of fused-ring (bicyclic) bond motifs is 1. The number of benzene rings is 1. The monoisotopic (exact) mass is 489 g/mol. The molecule has 188 valence electrons. The van der Waals surface area contributed by atoms with Crippen molar-refractivity contribution in [3.8, 4) is 11.3 Å². The smallest absolute Gasteiger partial charge is 0.229 e. The summed E-state index contributed by atoms with van der Waals surface area (Å²) in [7, 11) is 1.93. The van der Waals surface area contributed by atoms with Crippen LogP contribution in [0.1, 0.15) is 25.5 Å². The highest BCUT2D eigenvalue weighted by molar-refractivity contribution is 5.86. The zero-order chi connectivity index (χ0) is 25.2. The molecule has 0 aliphatic carbocycles. The highest BCUT2D eigenvalue weighted by atomic mass is 19.1. The SMILES string of the molecule is CC(C)c1c2cc(-c3nc(Nc4ccc(N5CCN(CCN)CC5)cn4)ncc3F)ccc2nn1C. The minimum atomic E-state index is -0.480. The van der Waals surface area contributed by atoms with E-state index in [-0.39, 0.29) is 17.6 Å². The fourth-order valence-electron chi connectivity index (χ4n) is 4.85. The lowest BCUT2D eigenvalue weighted by atomic mass is 10.0. The Bertz CT molecular complexity index is 1340. The molecule has 5 rings (SSSR count). The molecule has 0 amide bonds. The van der Waals surface area contributed by atoms with Crippen molar-refractivity contribution in [3.05, 3.63) is 54.2 Å². The first-order valence-corrected chi connectivity index (χ1v) is 12.3. The van der Waals surface area contributed by atoms with E-state index >= 15 is 0 Å². The van der Waals surface area contributed by atoms with Crippen molar-refractivity contribution in [1.29, 1.82) is 0 Å². The number of aryl methyl sites for hydroxylation is 1. The third kappa shape index (κ3) is 4.87. The van der Waals surface area contributed by atoms with Gasteiger partial charge in [0.2, 0.25) is 5.95 Å². The van der Waals surface area contributed by atoms with Crippen molar-refractivity contribution in [3.63, 3.8) is 0 Å². The molecule has 1 aliphatic heterocycles. The molecule has 36 heavy (non-hydrogen) atoms. The molecule has 4 aromatic rings. The van der Waals surface area contributed by atoms with Gasteiger partial charge >= 0.3 is 0 Å². The Morgan fingerprint density at radius 3 is 2.56 bits per heavy atom. The Hall–Kier alpha value is -3.63. The lowest BCUT2D eigenvalue weighted by molar-refractivity contribution is 0.265. The van der Waals surface area contributed by atoms with Crippen LogP contribution in [-0.4, -0.2) is 68.9 Å². The van der Waals surface area contributed by atoms with Crippen molar-refractivity contribution in [2.75, 3.05) is 49.5 Å². The molecule has 4 heterocycles. The predicted octanol–water partition coefficient (Wildman–Crippen LogP) is 3.51. The van der Waals surface area contributed by atoms with Crippen molar-refractivity contribution in [2.45, 2.75) is 19.8 Å². The van der Waals surface area contributed by atoms with Crippen LogP contribution in [0.15, 0.2) is 42.7 Å². The van der Waals surface area contributed by atoms with Gasteiger partial charge in [0.05, 0.1) is 23.6 Å². The van der Waals surface area contributed by atoms with Gasteiger partial charge in [-0.15, -0.1) is 0 Å². The average molecular weight is 490 g/mol. The molecule has 0 atom stereocenters. The lowest BCUT2D eigenvalue weighted by Gasteiger charge is -2.35. The molecule has 3 N–H and O–H groups in total. The maximum absolute atomic E-state index is 14.8. The van der Waals surface area contributed by atoms with Crippen molar-refractivity contribution >= 4 is 28.4 Å². The second-order valence-corrected chi connectivity index (χ2v) is 9.43. The van der Waals surface area contributed by atoms with E-state index in [2.05, 4.69) is 49.0 Å². The number of halogens is 1. The summed E-state index contributed by atoms with van der Waals surface area (Å²) in [6.07, 6.45) is 3.03. The summed E-state index contributed by atoms with van der Waals surface area (Å²) >= 11 is 0. The zero-order valence-electron chi connectivity index (χ0n) is 20.9. The van der Waals surface area contributed by atoms with E-state index in [0.29, 0.717) is 17.9 Å². The van der Waals surface area contributed by atoms with Crippen LogP contribution in [0.25, 0.3) is 22.2 Å². The van der Waals surface area contributed by atoms with Gasteiger partial charge in [0.25, 0.3) is 0 Å². The van der Waals surface area contributed by atoms with Gasteiger partial charge < -0.3 is 16.0 Å². The van der Waals surface area contributed by atoms with E-state index in [1.165, 1.54) is 6.20 Å². The molecule has 9 nitrogen and oxygen atoms in total. The summed E-state index contributed by atoms with van der Waals surface area (Å²) in [5, 5.41) is 8.68. The third-order valence-electron chi connectivity index (χ3n) is 6.61. The van der Waals surface area contributed by atoms with E-state index in [1.807, 2.05) is 48.3 Å². The number of aromatic nitrogens is 5. The van der Waals surface area contributed by atoms with Gasteiger partial charge in [-0.05, 0) is 30.2 Å². The minimum absolute atomic E-state index is 0.236. The van der Waals surface area contributed by atoms with Gasteiger partial charge in [-0.3, -0.25) is 9.58 Å². The molecule has 10 heteroatoms. The van der Waals surface area contributed by atoms with Crippen LogP contribution in [0, 0.1) is 5.82 Å². The van der Waals surface area contributed by atoms with Crippen LogP contribution in [0.2, 0.25) is 0 Å². The summed E-state index contributed by atoms with van der Waals surface area (Å²) in [5.74, 6) is 0.693. The number of nitrogens with two attached hydrogens (primary N) is 1. The average Bonchev–Trinajstić information content (AvgIpc) is 3.21. The Morgan fingerprint density at radius 1 is 1.06 bits per heavy atom. The standard InChI is InChI=1S/C26H32FN9/c1-17(2)25-20-14-18(4-6-22(20)33-34(25)3)24-21(27)16-30-26(32-24)31-23-7-5-19(15-29-23)36-12-10-35(9-8-28)11-13-36/h4-7,14-17H,8-13,28H2,1-3H3,(H,29,30,31,32). The van der Waals surface area contributed by atoms with Crippen molar-refractivity contribution in [2.24, 2.45) is 12.8 Å². The van der Waals surface area contributed by atoms with Crippen LogP contribution in [0.5, 0.6) is 0 Å². The molecule has 1 saturated heterocycles. The molecule has 0 unspecified atom stereocenters. The molecule has 0 spiro atoms. The second kappa shape index (κ2) is 10.2. The van der Waals surface area contributed by atoms with E-state index < -0.39 is 5.82 Å². The number of hydrogen-bond acceptors (Lipinski definition) is 8. The van der Waals surface area contributed by atoms with E-state index in [4.69, 9.17) is 5.73 Å². The maximum atomic E-state index is 14.8. The Kier molecular flexibility index (Phi) is 6.80. The summed E-state index contributed by atoms with van der Waals surface area (Å²) in [6, 6.07) is 9.62. The maximum Gasteiger partial charge on any atom is 0.229 e. The van der Waals surface area contributed by atoms with Gasteiger partial charge in [0, 0.05) is 63.0 Å². The van der Waals surface area contributed by atoms with Gasteiger partial charge in [-0.2, -0.15) is 5.10 Å². The quantitative estimate of drug-likeness (QED) is 0.407. The van der Waals surface area contributed by atoms with Crippen LogP contribution in [-0.2, 0) is 7.05 Å². The van der Waals surface area contributed by atoms with Crippen molar-refractivity contribution in [1.82, 2.24) is 29.6 Å². The molecule has 1 fully saturated rings. The van der Waals surface area contributed by atoms with Crippen LogP contribution < -0.4 is 16.0 Å². The van der Waals surface area contributed by atoms with Gasteiger partial charge in [-0.25, -0.2) is 19.3 Å². The summed E-state index contributed by atoms with van der Waals surface area (Å²) in [5.41, 5.74) is 9.63. The number of anilines is 3. The Morgan fingerprint density at radius 2 is 1.86 bits per heavy atom. The number of pyridine rings is 1. The molecule has 3 aromatic heterocycles. The predicted molar refractivity (Wildman–Crippen MR) is 141 cm³/mol. The molecule has 0 saturated carbocycles. The molecular formula is C26H32FN9. The first kappa shape index (κ1) is 24.1. The van der Waals surface area contributed by atoms with Gasteiger partial charge in [-0.1, -0.05) is 19.9 Å². The zero-order valence-corrected chi connectivity index (χ0v) is 20.9. The molecular weight excluding hydrogens is 457 g/mol. The van der Waals surface area contributed by atoms with Gasteiger partial charge in [0.1, 0.15) is 11.5 Å². The van der Waals surface area contributed by atoms with E-state index in [1.54, 1.807) is 0 Å². The van der Waals surface area contributed by atoms with E-state index in [0.717, 1.165) is 55.0 Å². The molecule has 0 bridgehead atoms. The number of hydrogen-bond donors (Lipinski definition) is 2. The molecule has 0 radical (unpaired) electrons. The summed E-state index contributed by atoms with van der Waals surface area (Å²) in [6.45, 7) is 9.74. The highest BCUT2D eigenvalue weighted by Crippen LogP contribution is 2.30. The number of rotatable bonds is 7. The summed E-state index contributed by atoms with van der Waals surface area (Å²) < 4.78 is 16.7. The number of nitrogens with zero attached hydrogens (tertiary/aromatic N) is 7. The van der Waals surface area contributed by atoms with Crippen LogP contribution >= 0.6 is 0 Å². The largest absolute Gasteiger partial charge is 0.368 e. The van der Waals surface area contributed by atoms with Crippen molar-refractivity contribution < 1.29 is 4.39 Å². The second-order valence-electron chi connectivity index (χ2n) is 9.43.